The molecule has 1 atom stereocenters. The summed E-state index contributed by atoms with van der Waals surface area (Å²) in [6.45, 7) is 0.953. The molecule has 4 heteroatoms. The van der Waals surface area contributed by atoms with Crippen LogP contribution >= 0.6 is 0 Å². The Morgan fingerprint density at radius 3 is 2.81 bits per heavy atom. The van der Waals surface area contributed by atoms with E-state index in [1.165, 1.54) is 0 Å². The summed E-state index contributed by atoms with van der Waals surface area (Å²) in [5.74, 6) is -0.0746. The largest absolute Gasteiger partial charge is 0.489 e. The number of ether oxygens (including phenoxy) is 2. The average Bonchev–Trinajstić information content (AvgIpc) is 2.88. The summed E-state index contributed by atoms with van der Waals surface area (Å²) in [4.78, 5) is 10.8. The van der Waals surface area contributed by atoms with E-state index in [9.17, 15) is 4.79 Å². The summed E-state index contributed by atoms with van der Waals surface area (Å²) in [6, 6.07) is 15.6. The zero-order valence-corrected chi connectivity index (χ0v) is 11.5. The second-order valence-electron chi connectivity index (χ2n) is 5.03. The van der Waals surface area contributed by atoms with Gasteiger partial charge in [0.2, 0.25) is 0 Å². The van der Waals surface area contributed by atoms with Crippen LogP contribution in [0.15, 0.2) is 48.5 Å². The van der Waals surface area contributed by atoms with Crippen LogP contribution in [-0.2, 0) is 22.7 Å². The summed E-state index contributed by atoms with van der Waals surface area (Å²) >= 11 is 0. The first-order chi connectivity index (χ1) is 10.2. The van der Waals surface area contributed by atoms with Crippen LogP contribution in [0.4, 0.5) is 0 Å². The van der Waals surface area contributed by atoms with Crippen LogP contribution in [0.5, 0.6) is 5.75 Å². The van der Waals surface area contributed by atoms with Crippen LogP contribution in [-0.4, -0.2) is 11.1 Å². The molecule has 0 saturated carbocycles. The van der Waals surface area contributed by atoms with Crippen LogP contribution < -0.4 is 4.74 Å². The highest BCUT2D eigenvalue weighted by Crippen LogP contribution is 2.35. The van der Waals surface area contributed by atoms with E-state index in [0.717, 1.165) is 22.4 Å². The van der Waals surface area contributed by atoms with Crippen LogP contribution in [0.1, 0.15) is 29.2 Å². The third-order valence-electron chi connectivity index (χ3n) is 3.51. The van der Waals surface area contributed by atoms with Crippen LogP contribution in [0.2, 0.25) is 0 Å². The fourth-order valence-corrected chi connectivity index (χ4v) is 2.46. The number of hydrogen-bond donors (Lipinski definition) is 1. The molecule has 108 valence electrons. The van der Waals surface area contributed by atoms with Crippen molar-refractivity contribution in [2.24, 2.45) is 0 Å². The van der Waals surface area contributed by atoms with Gasteiger partial charge in [-0.3, -0.25) is 4.79 Å². The highest BCUT2D eigenvalue weighted by Gasteiger charge is 2.25. The molecule has 21 heavy (non-hydrogen) atoms. The van der Waals surface area contributed by atoms with Gasteiger partial charge in [0.1, 0.15) is 12.4 Å². The van der Waals surface area contributed by atoms with Gasteiger partial charge in [-0.05, 0) is 28.8 Å². The van der Waals surface area contributed by atoms with Crippen LogP contribution in [0.25, 0.3) is 0 Å². The Bertz CT molecular complexity index is 636. The van der Waals surface area contributed by atoms with Crippen molar-refractivity contribution in [1.29, 1.82) is 0 Å². The molecule has 2 aromatic carbocycles. The minimum atomic E-state index is -0.850. The first-order valence-electron chi connectivity index (χ1n) is 6.85. The minimum absolute atomic E-state index is 0.00276. The maximum atomic E-state index is 10.8. The average molecular weight is 284 g/mol. The van der Waals surface area contributed by atoms with Crippen molar-refractivity contribution in [1.82, 2.24) is 0 Å². The van der Waals surface area contributed by atoms with E-state index in [4.69, 9.17) is 14.6 Å². The van der Waals surface area contributed by atoms with Crippen molar-refractivity contribution >= 4 is 5.97 Å². The molecule has 0 spiro atoms. The molecule has 0 radical (unpaired) electrons. The smallest absolute Gasteiger partial charge is 0.306 e. The van der Waals surface area contributed by atoms with Gasteiger partial charge >= 0.3 is 5.97 Å². The molecule has 3 rings (SSSR count). The Morgan fingerprint density at radius 2 is 2.05 bits per heavy atom. The van der Waals surface area contributed by atoms with Gasteiger partial charge < -0.3 is 14.6 Å². The molecule has 1 unspecified atom stereocenters. The Labute approximate surface area is 122 Å². The van der Waals surface area contributed by atoms with Gasteiger partial charge in [-0.25, -0.2) is 0 Å². The lowest BCUT2D eigenvalue weighted by molar-refractivity contribution is -0.140. The minimum Gasteiger partial charge on any atom is -0.489 e. The van der Waals surface area contributed by atoms with E-state index < -0.39 is 5.97 Å². The van der Waals surface area contributed by atoms with E-state index in [0.29, 0.717) is 13.2 Å². The highest BCUT2D eigenvalue weighted by molar-refractivity contribution is 5.68. The van der Waals surface area contributed by atoms with Gasteiger partial charge in [0, 0.05) is 0 Å². The fourth-order valence-electron chi connectivity index (χ4n) is 2.46. The summed E-state index contributed by atoms with van der Waals surface area (Å²) in [7, 11) is 0. The van der Waals surface area contributed by atoms with Crippen molar-refractivity contribution in [3.63, 3.8) is 0 Å². The maximum Gasteiger partial charge on any atom is 0.306 e. The predicted octanol–water partition coefficient (Wildman–Crippen LogP) is 3.31. The molecule has 0 bridgehead atoms. The molecule has 0 fully saturated rings. The van der Waals surface area contributed by atoms with Crippen molar-refractivity contribution in [2.75, 3.05) is 0 Å². The predicted molar refractivity (Wildman–Crippen MR) is 77.0 cm³/mol. The Morgan fingerprint density at radius 1 is 1.24 bits per heavy atom. The molecule has 1 N–H and O–H groups in total. The van der Waals surface area contributed by atoms with Crippen molar-refractivity contribution in [3.8, 4) is 5.75 Å². The maximum absolute atomic E-state index is 10.8. The second-order valence-corrected chi connectivity index (χ2v) is 5.03. The van der Waals surface area contributed by atoms with Crippen LogP contribution in [0, 0.1) is 0 Å². The summed E-state index contributed by atoms with van der Waals surface area (Å²) in [5, 5.41) is 8.86. The number of aliphatic carboxylic acids is 1. The standard InChI is InChI=1S/C17H16O4/c18-17(19)9-16-15-7-6-14(8-13(15)11-21-16)20-10-12-4-2-1-3-5-12/h1-8,16H,9-11H2,(H,18,19). The molecule has 0 aromatic heterocycles. The fraction of sp³-hybridized carbons (Fsp3) is 0.235. The van der Waals surface area contributed by atoms with Gasteiger partial charge in [-0.2, -0.15) is 0 Å². The summed E-state index contributed by atoms with van der Waals surface area (Å²) < 4.78 is 11.3. The lowest BCUT2D eigenvalue weighted by atomic mass is 10.0. The summed E-state index contributed by atoms with van der Waals surface area (Å²) in [5.41, 5.74) is 3.06. The third kappa shape index (κ3) is 3.23. The lowest BCUT2D eigenvalue weighted by Crippen LogP contribution is -2.04. The van der Waals surface area contributed by atoms with Gasteiger partial charge in [0.05, 0.1) is 19.1 Å². The topological polar surface area (TPSA) is 55.8 Å². The molecule has 0 aliphatic carbocycles. The normalized spacial score (nSPS) is 16.5. The first-order valence-corrected chi connectivity index (χ1v) is 6.85. The number of hydrogen-bond acceptors (Lipinski definition) is 3. The second kappa shape index (κ2) is 5.97. The number of carbonyl (C=O) groups is 1. The van der Waals surface area contributed by atoms with Crippen molar-refractivity contribution in [3.05, 3.63) is 65.2 Å². The van der Waals surface area contributed by atoms with E-state index in [-0.39, 0.29) is 12.5 Å². The number of carboxylic acid groups (broad SMARTS) is 1. The third-order valence-corrected chi connectivity index (χ3v) is 3.51. The van der Waals surface area contributed by atoms with E-state index in [2.05, 4.69) is 0 Å². The number of rotatable bonds is 5. The van der Waals surface area contributed by atoms with E-state index in [1.807, 2.05) is 48.5 Å². The molecular weight excluding hydrogens is 268 g/mol. The lowest BCUT2D eigenvalue weighted by Gasteiger charge is -2.10. The Balaban J connectivity index is 1.68. The van der Waals surface area contributed by atoms with Gasteiger partial charge in [-0.1, -0.05) is 36.4 Å². The molecule has 1 heterocycles. The van der Waals surface area contributed by atoms with Crippen LogP contribution in [0.3, 0.4) is 0 Å². The van der Waals surface area contributed by atoms with Crippen molar-refractivity contribution < 1.29 is 19.4 Å². The monoisotopic (exact) mass is 284 g/mol. The van der Waals surface area contributed by atoms with E-state index >= 15 is 0 Å². The molecule has 1 aliphatic rings. The summed E-state index contributed by atoms with van der Waals surface area (Å²) in [6.07, 6.45) is -0.349. The molecule has 1 aliphatic heterocycles. The number of benzene rings is 2. The number of carboxylic acids is 1. The number of fused-ring (bicyclic) bond motifs is 1. The molecule has 2 aromatic rings. The Kier molecular flexibility index (Phi) is 3.88. The van der Waals surface area contributed by atoms with Crippen molar-refractivity contribution in [2.45, 2.75) is 25.7 Å². The molecule has 0 saturated heterocycles. The Hall–Kier alpha value is -2.33. The van der Waals surface area contributed by atoms with Gasteiger partial charge in [0.15, 0.2) is 0 Å². The molecule has 4 nitrogen and oxygen atoms in total. The zero-order chi connectivity index (χ0) is 14.7. The highest BCUT2D eigenvalue weighted by atomic mass is 16.5. The SMILES string of the molecule is O=C(O)CC1OCc2cc(OCc3ccccc3)ccc21. The quantitative estimate of drug-likeness (QED) is 0.915. The first kappa shape index (κ1) is 13.6. The zero-order valence-electron chi connectivity index (χ0n) is 11.5. The van der Waals surface area contributed by atoms with E-state index in [1.54, 1.807) is 0 Å². The van der Waals surface area contributed by atoms with Gasteiger partial charge in [0.25, 0.3) is 0 Å². The molecular formula is C17H16O4. The van der Waals surface area contributed by atoms with Gasteiger partial charge in [-0.15, -0.1) is 0 Å². The molecule has 0 amide bonds.